The molecule has 2 rings (SSSR count). The highest BCUT2D eigenvalue weighted by molar-refractivity contribution is 7.80. The highest BCUT2D eigenvalue weighted by Gasteiger charge is 2.20. The number of methoxy groups -OCH3 is 1. The van der Waals surface area contributed by atoms with Crippen LogP contribution in [0.2, 0.25) is 10.0 Å². The van der Waals surface area contributed by atoms with Crippen LogP contribution in [0.15, 0.2) is 18.2 Å². The lowest BCUT2D eigenvalue weighted by Crippen LogP contribution is -2.20. The Balaban J connectivity index is 2.20. The molecule has 2 aromatic rings. The molecule has 0 saturated carbocycles. The van der Waals surface area contributed by atoms with Gasteiger partial charge in [0.2, 0.25) is 0 Å². The zero-order valence-electron chi connectivity index (χ0n) is 12.6. The van der Waals surface area contributed by atoms with E-state index in [0.29, 0.717) is 31.4 Å². The third-order valence-corrected chi connectivity index (χ3v) is 4.89. The van der Waals surface area contributed by atoms with Crippen LogP contribution in [-0.2, 0) is 4.74 Å². The number of anilines is 2. The molecule has 0 aliphatic carbocycles. The second kappa shape index (κ2) is 7.49. The Labute approximate surface area is 153 Å². The van der Waals surface area contributed by atoms with E-state index in [0.717, 1.165) is 10.4 Å². The van der Waals surface area contributed by atoms with Crippen LogP contribution in [0.3, 0.4) is 0 Å². The zero-order valence-corrected chi connectivity index (χ0v) is 15.8. The SMILES string of the molecule is COC(=O)c1c(NC(=S)Nc2cc(Cl)cc(Cl)c2)sc(C)c1C. The summed E-state index contributed by atoms with van der Waals surface area (Å²) < 4.78 is 4.83. The lowest BCUT2D eigenvalue weighted by atomic mass is 10.1. The number of benzene rings is 1. The summed E-state index contributed by atoms with van der Waals surface area (Å²) in [5.74, 6) is -0.400. The third-order valence-electron chi connectivity index (χ3n) is 3.12. The quantitative estimate of drug-likeness (QED) is 0.554. The highest BCUT2D eigenvalue weighted by Crippen LogP contribution is 2.33. The normalized spacial score (nSPS) is 10.3. The fraction of sp³-hybridized carbons (Fsp3) is 0.200. The molecule has 0 spiro atoms. The van der Waals surface area contributed by atoms with Gasteiger partial charge in [0.05, 0.1) is 12.7 Å². The maximum Gasteiger partial charge on any atom is 0.341 e. The molecule has 23 heavy (non-hydrogen) atoms. The summed E-state index contributed by atoms with van der Waals surface area (Å²) in [7, 11) is 1.35. The van der Waals surface area contributed by atoms with Gasteiger partial charge in [-0.2, -0.15) is 0 Å². The first-order valence-electron chi connectivity index (χ1n) is 6.54. The van der Waals surface area contributed by atoms with Crippen LogP contribution in [0.4, 0.5) is 10.7 Å². The van der Waals surface area contributed by atoms with E-state index in [4.69, 9.17) is 40.2 Å². The first-order chi connectivity index (χ1) is 10.8. The standard InChI is InChI=1S/C15H14Cl2N2O2S2/c1-7-8(2)23-13(12(7)14(20)21-3)19-15(22)18-11-5-9(16)4-10(17)6-11/h4-6H,1-3H3,(H2,18,19,22). The van der Waals surface area contributed by atoms with Gasteiger partial charge < -0.3 is 15.4 Å². The Morgan fingerprint density at radius 1 is 1.17 bits per heavy atom. The minimum absolute atomic E-state index is 0.328. The van der Waals surface area contributed by atoms with E-state index in [9.17, 15) is 4.79 Å². The monoisotopic (exact) mass is 388 g/mol. The lowest BCUT2D eigenvalue weighted by Gasteiger charge is -2.11. The molecule has 0 amide bonds. The van der Waals surface area contributed by atoms with Gasteiger partial charge in [-0.15, -0.1) is 11.3 Å². The number of carbonyl (C=O) groups is 1. The molecule has 0 saturated heterocycles. The Bertz CT molecular complexity index is 755. The Kier molecular flexibility index (Phi) is 5.86. The van der Waals surface area contributed by atoms with Gasteiger partial charge in [-0.1, -0.05) is 23.2 Å². The predicted octanol–water partition coefficient (Wildman–Crippen LogP) is 5.27. The van der Waals surface area contributed by atoms with Gasteiger partial charge in [0, 0.05) is 20.6 Å². The zero-order chi connectivity index (χ0) is 17.1. The van der Waals surface area contributed by atoms with Crippen LogP contribution in [0.1, 0.15) is 20.8 Å². The number of hydrogen-bond donors (Lipinski definition) is 2. The second-order valence-electron chi connectivity index (χ2n) is 4.72. The van der Waals surface area contributed by atoms with Crippen molar-refractivity contribution in [3.8, 4) is 0 Å². The van der Waals surface area contributed by atoms with Crippen molar-refractivity contribution in [2.75, 3.05) is 17.7 Å². The van der Waals surface area contributed by atoms with Gasteiger partial charge in [0.25, 0.3) is 0 Å². The number of esters is 1. The molecule has 0 fully saturated rings. The molecule has 4 nitrogen and oxygen atoms in total. The molecule has 1 heterocycles. The largest absolute Gasteiger partial charge is 0.465 e. The average Bonchev–Trinajstić information content (AvgIpc) is 2.71. The van der Waals surface area contributed by atoms with E-state index >= 15 is 0 Å². The van der Waals surface area contributed by atoms with Gasteiger partial charge in [0.15, 0.2) is 5.11 Å². The summed E-state index contributed by atoms with van der Waals surface area (Å²) in [6, 6.07) is 5.03. The van der Waals surface area contributed by atoms with Crippen molar-refractivity contribution in [1.29, 1.82) is 0 Å². The van der Waals surface area contributed by atoms with Crippen LogP contribution >= 0.6 is 46.8 Å². The van der Waals surface area contributed by atoms with E-state index in [1.54, 1.807) is 18.2 Å². The molecule has 0 atom stereocenters. The molecule has 8 heteroatoms. The van der Waals surface area contributed by atoms with E-state index in [1.807, 2.05) is 13.8 Å². The van der Waals surface area contributed by atoms with Crippen molar-refractivity contribution in [2.45, 2.75) is 13.8 Å². The summed E-state index contributed by atoms with van der Waals surface area (Å²) in [5, 5.41) is 7.98. The molecule has 1 aromatic carbocycles. The molecule has 2 N–H and O–H groups in total. The number of halogens is 2. The summed E-state index contributed by atoms with van der Waals surface area (Å²) in [6.45, 7) is 3.81. The van der Waals surface area contributed by atoms with Crippen molar-refractivity contribution < 1.29 is 9.53 Å². The van der Waals surface area contributed by atoms with Crippen molar-refractivity contribution in [2.24, 2.45) is 0 Å². The van der Waals surface area contributed by atoms with Crippen molar-refractivity contribution in [1.82, 2.24) is 0 Å². The number of thiocarbonyl (C=S) groups is 1. The lowest BCUT2D eigenvalue weighted by molar-refractivity contribution is 0.0601. The minimum atomic E-state index is -0.400. The fourth-order valence-corrected chi connectivity index (χ4v) is 3.82. The van der Waals surface area contributed by atoms with Crippen LogP contribution in [-0.4, -0.2) is 18.2 Å². The van der Waals surface area contributed by atoms with E-state index in [-0.39, 0.29) is 0 Å². The molecule has 0 unspecified atom stereocenters. The number of hydrogen-bond acceptors (Lipinski definition) is 4. The molecule has 0 radical (unpaired) electrons. The van der Waals surface area contributed by atoms with Gasteiger partial charge in [-0.05, 0) is 49.8 Å². The molecule has 0 aliphatic heterocycles. The molecule has 0 bridgehead atoms. The molecule has 1 aromatic heterocycles. The summed E-state index contributed by atoms with van der Waals surface area (Å²) in [4.78, 5) is 13.0. The molecule has 122 valence electrons. The fourth-order valence-electron chi connectivity index (χ4n) is 1.95. The molecular weight excluding hydrogens is 375 g/mol. The van der Waals surface area contributed by atoms with Crippen LogP contribution in [0.25, 0.3) is 0 Å². The summed E-state index contributed by atoms with van der Waals surface area (Å²) in [6.07, 6.45) is 0. The number of thiophene rings is 1. The number of ether oxygens (including phenoxy) is 1. The van der Waals surface area contributed by atoms with E-state index in [1.165, 1.54) is 18.4 Å². The Hall–Kier alpha value is -1.34. The smallest absolute Gasteiger partial charge is 0.341 e. The number of nitrogens with one attached hydrogen (secondary N) is 2. The van der Waals surface area contributed by atoms with Crippen LogP contribution in [0.5, 0.6) is 0 Å². The molecule has 0 aliphatic rings. The highest BCUT2D eigenvalue weighted by atomic mass is 35.5. The second-order valence-corrected chi connectivity index (χ2v) is 7.22. The van der Waals surface area contributed by atoms with Gasteiger partial charge >= 0.3 is 5.97 Å². The number of carbonyl (C=O) groups excluding carboxylic acids is 1. The summed E-state index contributed by atoms with van der Waals surface area (Å²) in [5.41, 5.74) is 2.02. The van der Waals surface area contributed by atoms with Crippen molar-refractivity contribution in [3.63, 3.8) is 0 Å². The van der Waals surface area contributed by atoms with E-state index < -0.39 is 5.97 Å². The van der Waals surface area contributed by atoms with Crippen LogP contribution in [0, 0.1) is 13.8 Å². The maximum absolute atomic E-state index is 11.9. The average molecular weight is 389 g/mol. The number of aryl methyl sites for hydroxylation is 1. The maximum atomic E-state index is 11.9. The van der Waals surface area contributed by atoms with Crippen molar-refractivity contribution >= 4 is 68.5 Å². The van der Waals surface area contributed by atoms with E-state index in [2.05, 4.69) is 10.6 Å². The van der Waals surface area contributed by atoms with Crippen molar-refractivity contribution in [3.05, 3.63) is 44.2 Å². The topological polar surface area (TPSA) is 50.4 Å². The Morgan fingerprint density at radius 3 is 2.35 bits per heavy atom. The first kappa shape index (κ1) is 18.0. The van der Waals surface area contributed by atoms with Crippen LogP contribution < -0.4 is 10.6 Å². The number of rotatable bonds is 3. The van der Waals surface area contributed by atoms with Gasteiger partial charge in [-0.3, -0.25) is 0 Å². The molecular formula is C15H14Cl2N2O2S2. The van der Waals surface area contributed by atoms with Gasteiger partial charge in [0.1, 0.15) is 5.00 Å². The third kappa shape index (κ3) is 4.35. The van der Waals surface area contributed by atoms with Gasteiger partial charge in [-0.25, -0.2) is 4.79 Å². The predicted molar refractivity (Wildman–Crippen MR) is 101 cm³/mol. The Morgan fingerprint density at radius 2 is 1.78 bits per heavy atom. The summed E-state index contributed by atoms with van der Waals surface area (Å²) >= 11 is 18.6. The first-order valence-corrected chi connectivity index (χ1v) is 8.52. The minimum Gasteiger partial charge on any atom is -0.465 e.